The first-order chi connectivity index (χ1) is 12.8. The third kappa shape index (κ3) is 4.06. The molecule has 27 heavy (non-hydrogen) atoms. The minimum absolute atomic E-state index is 0.0454. The van der Waals surface area contributed by atoms with Gasteiger partial charge in [0.2, 0.25) is 15.9 Å². The van der Waals surface area contributed by atoms with Gasteiger partial charge in [0, 0.05) is 24.7 Å². The molecule has 2 heterocycles. The van der Waals surface area contributed by atoms with Crippen LogP contribution < -0.4 is 5.32 Å². The number of piperidine rings is 1. The van der Waals surface area contributed by atoms with Gasteiger partial charge in [0.1, 0.15) is 4.90 Å². The molecular weight excluding hydrogens is 364 g/mol. The number of hydrogen-bond donors (Lipinski definition) is 2. The smallest absolute Gasteiger partial charge is 0.246 e. The van der Waals surface area contributed by atoms with Gasteiger partial charge in [0.05, 0.1) is 11.4 Å². The van der Waals surface area contributed by atoms with Crippen LogP contribution in [0.15, 0.2) is 29.2 Å². The molecule has 0 bridgehead atoms. The maximum Gasteiger partial charge on any atom is 0.246 e. The van der Waals surface area contributed by atoms with Crippen molar-refractivity contribution in [2.75, 3.05) is 18.4 Å². The largest absolute Gasteiger partial charge is 0.326 e. The van der Waals surface area contributed by atoms with Gasteiger partial charge < -0.3 is 5.32 Å². The number of hydrogen-bond acceptors (Lipinski definition) is 4. The second kappa shape index (κ2) is 7.82. The molecule has 0 aliphatic carbocycles. The molecule has 1 aromatic heterocycles. The molecule has 2 N–H and O–H groups in total. The summed E-state index contributed by atoms with van der Waals surface area (Å²) in [6.45, 7) is 6.12. The topological polar surface area (TPSA) is 95.2 Å². The van der Waals surface area contributed by atoms with Gasteiger partial charge in [-0.3, -0.25) is 9.89 Å². The Bertz CT molecular complexity index is 909. The van der Waals surface area contributed by atoms with E-state index in [2.05, 4.69) is 22.4 Å². The number of benzene rings is 1. The molecule has 1 aromatic carbocycles. The highest BCUT2D eigenvalue weighted by Crippen LogP contribution is 2.27. The van der Waals surface area contributed by atoms with Crippen molar-refractivity contribution in [3.05, 3.63) is 41.2 Å². The summed E-state index contributed by atoms with van der Waals surface area (Å²) in [5.74, 6) is -0.232. The standard InChI is InChI=1S/C19H26N4O3S/c1-4-15-6-5-7-17(12-15)20-19(24)16-8-10-23(11-9-16)27(25,26)18-13(2)21-22-14(18)3/h5-7,12,16H,4,8-11H2,1-3H3,(H,20,24)(H,21,22). The summed E-state index contributed by atoms with van der Waals surface area (Å²) in [6, 6.07) is 7.81. The molecule has 8 heteroatoms. The van der Waals surface area contributed by atoms with E-state index in [0.29, 0.717) is 37.3 Å². The highest BCUT2D eigenvalue weighted by molar-refractivity contribution is 7.89. The van der Waals surface area contributed by atoms with Crippen molar-refractivity contribution >= 4 is 21.6 Å². The molecule has 146 valence electrons. The fraction of sp³-hybridized carbons (Fsp3) is 0.474. The number of amides is 1. The average molecular weight is 391 g/mol. The zero-order chi connectivity index (χ0) is 19.6. The van der Waals surface area contributed by atoms with Crippen LogP contribution in [0.1, 0.15) is 36.7 Å². The Balaban J connectivity index is 1.64. The van der Waals surface area contributed by atoms with Crippen molar-refractivity contribution in [2.45, 2.75) is 44.9 Å². The highest BCUT2D eigenvalue weighted by atomic mass is 32.2. The number of rotatable bonds is 5. The van der Waals surface area contributed by atoms with Crippen molar-refractivity contribution in [3.63, 3.8) is 0 Å². The summed E-state index contributed by atoms with van der Waals surface area (Å²) in [7, 11) is -3.59. The molecule has 0 radical (unpaired) electrons. The van der Waals surface area contributed by atoms with Gasteiger partial charge in [-0.15, -0.1) is 0 Å². The van der Waals surface area contributed by atoms with Crippen LogP contribution in [0.25, 0.3) is 0 Å². The van der Waals surface area contributed by atoms with Crippen molar-refractivity contribution < 1.29 is 13.2 Å². The number of carbonyl (C=O) groups excluding carboxylic acids is 1. The Morgan fingerprint density at radius 1 is 1.30 bits per heavy atom. The Morgan fingerprint density at radius 3 is 2.59 bits per heavy atom. The summed E-state index contributed by atoms with van der Waals surface area (Å²) >= 11 is 0. The van der Waals surface area contributed by atoms with E-state index in [1.807, 2.05) is 24.3 Å². The molecule has 1 aliphatic heterocycles. The second-order valence-electron chi connectivity index (χ2n) is 6.98. The lowest BCUT2D eigenvalue weighted by atomic mass is 9.97. The Labute approximate surface area is 160 Å². The fourth-order valence-electron chi connectivity index (χ4n) is 3.52. The quantitative estimate of drug-likeness (QED) is 0.820. The van der Waals surface area contributed by atoms with E-state index < -0.39 is 10.0 Å². The third-order valence-electron chi connectivity index (χ3n) is 5.09. The SMILES string of the molecule is CCc1cccc(NC(=O)C2CCN(S(=O)(=O)c3c(C)n[nH]c3C)CC2)c1. The van der Waals surface area contributed by atoms with Crippen molar-refractivity contribution in [1.29, 1.82) is 0 Å². The maximum atomic E-state index is 12.9. The molecule has 0 atom stereocenters. The summed E-state index contributed by atoms with van der Waals surface area (Å²) in [6.07, 6.45) is 1.93. The average Bonchev–Trinajstić information content (AvgIpc) is 3.01. The normalized spacial score (nSPS) is 16.4. The molecule has 1 aliphatic rings. The zero-order valence-electron chi connectivity index (χ0n) is 15.9. The van der Waals surface area contributed by atoms with E-state index in [4.69, 9.17) is 0 Å². The van der Waals surface area contributed by atoms with Crippen molar-refractivity contribution in [2.24, 2.45) is 5.92 Å². The molecule has 3 rings (SSSR count). The van der Waals surface area contributed by atoms with Crippen LogP contribution >= 0.6 is 0 Å². The number of aromatic nitrogens is 2. The third-order valence-corrected chi connectivity index (χ3v) is 7.25. The monoisotopic (exact) mass is 390 g/mol. The van der Waals surface area contributed by atoms with E-state index >= 15 is 0 Å². The van der Waals surface area contributed by atoms with Crippen LogP contribution in [0.5, 0.6) is 0 Å². The van der Waals surface area contributed by atoms with Crippen LogP contribution in [-0.2, 0) is 21.2 Å². The number of nitrogens with one attached hydrogen (secondary N) is 2. The minimum Gasteiger partial charge on any atom is -0.326 e. The number of anilines is 1. The van der Waals surface area contributed by atoms with Gasteiger partial charge in [0.15, 0.2) is 0 Å². The van der Waals surface area contributed by atoms with Crippen molar-refractivity contribution in [1.82, 2.24) is 14.5 Å². The van der Waals surface area contributed by atoms with E-state index in [1.165, 1.54) is 9.87 Å². The summed E-state index contributed by atoms with van der Waals surface area (Å²) < 4.78 is 27.2. The number of nitrogens with zero attached hydrogens (tertiary/aromatic N) is 2. The number of aromatic amines is 1. The predicted molar refractivity (Wildman–Crippen MR) is 104 cm³/mol. The number of H-pyrrole nitrogens is 1. The first-order valence-electron chi connectivity index (χ1n) is 9.24. The lowest BCUT2D eigenvalue weighted by molar-refractivity contribution is -0.120. The van der Waals surface area contributed by atoms with Crippen LogP contribution in [0.3, 0.4) is 0 Å². The van der Waals surface area contributed by atoms with Crippen molar-refractivity contribution in [3.8, 4) is 0 Å². The molecule has 2 aromatic rings. The Kier molecular flexibility index (Phi) is 5.67. The van der Waals surface area contributed by atoms with Crippen LogP contribution in [0, 0.1) is 19.8 Å². The van der Waals surface area contributed by atoms with Gasteiger partial charge in [-0.2, -0.15) is 9.40 Å². The lowest BCUT2D eigenvalue weighted by Gasteiger charge is -2.30. The van der Waals surface area contributed by atoms with Crippen LogP contribution in [0.2, 0.25) is 0 Å². The summed E-state index contributed by atoms with van der Waals surface area (Å²) in [4.78, 5) is 12.8. The van der Waals surface area contributed by atoms with E-state index in [-0.39, 0.29) is 16.7 Å². The van der Waals surface area contributed by atoms with Crippen LogP contribution in [-0.4, -0.2) is 41.9 Å². The Hall–Kier alpha value is -2.19. The summed E-state index contributed by atoms with van der Waals surface area (Å²) in [5, 5.41) is 9.68. The van der Waals surface area contributed by atoms with E-state index in [9.17, 15) is 13.2 Å². The molecule has 0 saturated carbocycles. The molecule has 1 fully saturated rings. The molecule has 1 saturated heterocycles. The van der Waals surface area contributed by atoms with E-state index in [1.54, 1.807) is 13.8 Å². The molecular formula is C19H26N4O3S. The molecule has 0 spiro atoms. The number of aryl methyl sites for hydroxylation is 3. The molecule has 0 unspecified atom stereocenters. The maximum absolute atomic E-state index is 12.9. The number of sulfonamides is 1. The summed E-state index contributed by atoms with van der Waals surface area (Å²) in [5.41, 5.74) is 2.98. The number of carbonyl (C=O) groups is 1. The van der Waals surface area contributed by atoms with E-state index in [0.717, 1.165) is 12.1 Å². The second-order valence-corrected chi connectivity index (χ2v) is 8.86. The molecule has 7 nitrogen and oxygen atoms in total. The van der Waals surface area contributed by atoms with Crippen LogP contribution in [0.4, 0.5) is 5.69 Å². The first kappa shape index (κ1) is 19.6. The lowest BCUT2D eigenvalue weighted by Crippen LogP contribution is -2.41. The van der Waals surface area contributed by atoms with Gasteiger partial charge >= 0.3 is 0 Å². The van der Waals surface area contributed by atoms with Gasteiger partial charge in [-0.25, -0.2) is 8.42 Å². The molecule has 1 amide bonds. The van der Waals surface area contributed by atoms with Gasteiger partial charge in [-0.1, -0.05) is 19.1 Å². The fourth-order valence-corrected chi connectivity index (χ4v) is 5.32. The van der Waals surface area contributed by atoms with Gasteiger partial charge in [0.25, 0.3) is 0 Å². The minimum atomic E-state index is -3.59. The predicted octanol–water partition coefficient (Wildman–Crippen LogP) is 2.63. The van der Waals surface area contributed by atoms with Gasteiger partial charge in [-0.05, 0) is 50.8 Å². The Morgan fingerprint density at radius 2 is 2.00 bits per heavy atom. The first-order valence-corrected chi connectivity index (χ1v) is 10.7. The zero-order valence-corrected chi connectivity index (χ0v) is 16.8. The highest BCUT2D eigenvalue weighted by Gasteiger charge is 2.34.